The van der Waals surface area contributed by atoms with E-state index in [1.54, 1.807) is 0 Å². The molecular formula is C17H26N2O3. The summed E-state index contributed by atoms with van der Waals surface area (Å²) in [6.45, 7) is 7.00. The largest absolute Gasteiger partial charge is 0.491 e. The van der Waals surface area contributed by atoms with Gasteiger partial charge in [-0.2, -0.15) is 0 Å². The van der Waals surface area contributed by atoms with Crippen LogP contribution >= 0.6 is 0 Å². The fraction of sp³-hybridized carbons (Fsp3) is 0.588. The first-order valence-electron chi connectivity index (χ1n) is 7.85. The maximum absolute atomic E-state index is 12.4. The number of carbonyl (C=O) groups excluding carboxylic acids is 1. The molecule has 1 unspecified atom stereocenters. The Morgan fingerprint density at radius 1 is 1.32 bits per heavy atom. The lowest BCUT2D eigenvalue weighted by molar-refractivity contribution is -0.130. The van der Waals surface area contributed by atoms with Crippen LogP contribution in [0.3, 0.4) is 0 Å². The lowest BCUT2D eigenvalue weighted by Crippen LogP contribution is -2.57. The van der Waals surface area contributed by atoms with Crippen molar-refractivity contribution >= 4 is 5.91 Å². The second-order valence-electron chi connectivity index (χ2n) is 6.20. The van der Waals surface area contributed by atoms with E-state index in [2.05, 4.69) is 5.32 Å². The summed E-state index contributed by atoms with van der Waals surface area (Å²) in [4.78, 5) is 12.4. The number of rotatable bonds is 5. The standard InChI is InChI=1S/C17H26N2O3/c1-12(2)22-15-6-4-5-14(11-15)13(3)19-16(20)17(18)7-9-21-10-8-17/h4-6,11-13H,7-10,18H2,1-3H3,(H,19,20). The zero-order valence-electron chi connectivity index (χ0n) is 13.6. The number of carbonyl (C=O) groups is 1. The van der Waals surface area contributed by atoms with Crippen LogP contribution in [0.2, 0.25) is 0 Å². The van der Waals surface area contributed by atoms with Crippen molar-refractivity contribution in [1.29, 1.82) is 0 Å². The average Bonchev–Trinajstić information content (AvgIpc) is 2.47. The van der Waals surface area contributed by atoms with Crippen LogP contribution < -0.4 is 15.8 Å². The third-order valence-corrected chi connectivity index (χ3v) is 3.91. The van der Waals surface area contributed by atoms with Crippen molar-refractivity contribution in [2.45, 2.75) is 51.3 Å². The summed E-state index contributed by atoms with van der Waals surface area (Å²) >= 11 is 0. The first-order valence-corrected chi connectivity index (χ1v) is 7.85. The van der Waals surface area contributed by atoms with Gasteiger partial charge in [0.05, 0.1) is 17.7 Å². The molecule has 0 aliphatic carbocycles. The topological polar surface area (TPSA) is 73.6 Å². The summed E-state index contributed by atoms with van der Waals surface area (Å²) in [6.07, 6.45) is 1.24. The average molecular weight is 306 g/mol. The number of nitrogens with one attached hydrogen (secondary N) is 1. The van der Waals surface area contributed by atoms with Gasteiger partial charge in [-0.1, -0.05) is 12.1 Å². The van der Waals surface area contributed by atoms with Gasteiger partial charge in [0.2, 0.25) is 5.91 Å². The van der Waals surface area contributed by atoms with E-state index in [0.717, 1.165) is 11.3 Å². The van der Waals surface area contributed by atoms with Crippen LogP contribution in [-0.2, 0) is 9.53 Å². The van der Waals surface area contributed by atoms with E-state index in [4.69, 9.17) is 15.2 Å². The predicted octanol–water partition coefficient (Wildman–Crippen LogP) is 2.16. The van der Waals surface area contributed by atoms with E-state index in [9.17, 15) is 4.79 Å². The van der Waals surface area contributed by atoms with Gasteiger partial charge >= 0.3 is 0 Å². The Bertz CT molecular complexity index is 510. The number of hydrogen-bond donors (Lipinski definition) is 2. The summed E-state index contributed by atoms with van der Waals surface area (Å²) in [5.41, 5.74) is 6.39. The molecule has 2 rings (SSSR count). The molecule has 1 saturated heterocycles. The first-order chi connectivity index (χ1) is 10.4. The zero-order chi connectivity index (χ0) is 16.2. The maximum atomic E-state index is 12.4. The van der Waals surface area contributed by atoms with Crippen molar-refractivity contribution in [2.75, 3.05) is 13.2 Å². The van der Waals surface area contributed by atoms with Gasteiger partial charge in [0.1, 0.15) is 5.75 Å². The number of nitrogens with two attached hydrogens (primary N) is 1. The Morgan fingerprint density at radius 2 is 2.00 bits per heavy atom. The molecule has 3 N–H and O–H groups in total. The number of ether oxygens (including phenoxy) is 2. The minimum Gasteiger partial charge on any atom is -0.491 e. The Kier molecular flexibility index (Phi) is 5.42. The highest BCUT2D eigenvalue weighted by molar-refractivity contribution is 5.86. The molecule has 5 heteroatoms. The Morgan fingerprint density at radius 3 is 2.64 bits per heavy atom. The molecule has 22 heavy (non-hydrogen) atoms. The van der Waals surface area contributed by atoms with Gasteiger partial charge in [-0.3, -0.25) is 4.79 Å². The molecule has 0 bridgehead atoms. The lowest BCUT2D eigenvalue weighted by atomic mass is 9.90. The molecule has 5 nitrogen and oxygen atoms in total. The van der Waals surface area contributed by atoms with Gasteiger partial charge in [0.15, 0.2) is 0 Å². The van der Waals surface area contributed by atoms with Crippen molar-refractivity contribution in [1.82, 2.24) is 5.32 Å². The van der Waals surface area contributed by atoms with Gasteiger partial charge in [0.25, 0.3) is 0 Å². The van der Waals surface area contributed by atoms with Crippen molar-refractivity contribution in [3.8, 4) is 5.75 Å². The molecule has 0 saturated carbocycles. The Hall–Kier alpha value is -1.59. The highest BCUT2D eigenvalue weighted by Crippen LogP contribution is 2.23. The fourth-order valence-electron chi connectivity index (χ4n) is 2.52. The quantitative estimate of drug-likeness (QED) is 0.874. The predicted molar refractivity (Wildman–Crippen MR) is 85.7 cm³/mol. The molecule has 1 amide bonds. The van der Waals surface area contributed by atoms with Crippen molar-refractivity contribution in [3.05, 3.63) is 29.8 Å². The van der Waals surface area contributed by atoms with E-state index < -0.39 is 5.54 Å². The van der Waals surface area contributed by atoms with Crippen LogP contribution in [0.25, 0.3) is 0 Å². The van der Waals surface area contributed by atoms with Crippen LogP contribution in [0.15, 0.2) is 24.3 Å². The molecule has 1 aromatic rings. The number of hydrogen-bond acceptors (Lipinski definition) is 4. The fourth-order valence-corrected chi connectivity index (χ4v) is 2.52. The van der Waals surface area contributed by atoms with E-state index in [1.165, 1.54) is 0 Å². The molecule has 1 aliphatic heterocycles. The van der Waals surface area contributed by atoms with E-state index >= 15 is 0 Å². The lowest BCUT2D eigenvalue weighted by Gasteiger charge is -2.33. The first kappa shape index (κ1) is 16.8. The van der Waals surface area contributed by atoms with Crippen LogP contribution in [-0.4, -0.2) is 30.8 Å². The molecule has 1 heterocycles. The minimum atomic E-state index is -0.821. The van der Waals surface area contributed by atoms with Gasteiger partial charge in [0, 0.05) is 13.2 Å². The molecule has 0 spiro atoms. The SMILES string of the molecule is CC(C)Oc1cccc(C(C)NC(=O)C2(N)CCOCC2)c1. The van der Waals surface area contributed by atoms with E-state index in [-0.39, 0.29) is 18.1 Å². The molecule has 1 atom stereocenters. The van der Waals surface area contributed by atoms with Gasteiger partial charge in [-0.05, 0) is 51.3 Å². The van der Waals surface area contributed by atoms with Crippen LogP contribution in [0.4, 0.5) is 0 Å². The van der Waals surface area contributed by atoms with Crippen LogP contribution in [0.1, 0.15) is 45.2 Å². The summed E-state index contributed by atoms with van der Waals surface area (Å²) in [5, 5.41) is 3.01. The third kappa shape index (κ3) is 4.21. The van der Waals surface area contributed by atoms with Gasteiger partial charge in [-0.25, -0.2) is 0 Å². The molecule has 0 radical (unpaired) electrons. The van der Waals surface area contributed by atoms with Crippen LogP contribution in [0, 0.1) is 0 Å². The van der Waals surface area contributed by atoms with Gasteiger partial charge in [-0.15, -0.1) is 0 Å². The summed E-state index contributed by atoms with van der Waals surface area (Å²) in [6, 6.07) is 7.67. The third-order valence-electron chi connectivity index (χ3n) is 3.91. The highest BCUT2D eigenvalue weighted by Gasteiger charge is 2.36. The summed E-state index contributed by atoms with van der Waals surface area (Å²) in [7, 11) is 0. The van der Waals surface area contributed by atoms with E-state index in [1.807, 2.05) is 45.0 Å². The van der Waals surface area contributed by atoms with Crippen molar-refractivity contribution in [3.63, 3.8) is 0 Å². The molecule has 1 fully saturated rings. The number of benzene rings is 1. The van der Waals surface area contributed by atoms with Crippen molar-refractivity contribution in [2.24, 2.45) is 5.73 Å². The van der Waals surface area contributed by atoms with Gasteiger partial charge < -0.3 is 20.5 Å². The zero-order valence-corrected chi connectivity index (χ0v) is 13.6. The Labute approximate surface area is 132 Å². The number of amides is 1. The highest BCUT2D eigenvalue weighted by atomic mass is 16.5. The molecule has 1 aliphatic rings. The molecule has 0 aromatic heterocycles. The van der Waals surface area contributed by atoms with E-state index in [0.29, 0.717) is 26.1 Å². The molecular weight excluding hydrogens is 280 g/mol. The normalized spacial score (nSPS) is 18.8. The van der Waals surface area contributed by atoms with Crippen LogP contribution in [0.5, 0.6) is 5.75 Å². The second kappa shape index (κ2) is 7.11. The molecule has 1 aromatic carbocycles. The second-order valence-corrected chi connectivity index (χ2v) is 6.20. The smallest absolute Gasteiger partial charge is 0.240 e. The monoisotopic (exact) mass is 306 g/mol. The van der Waals surface area contributed by atoms with Crippen molar-refractivity contribution < 1.29 is 14.3 Å². The summed E-state index contributed by atoms with van der Waals surface area (Å²) < 4.78 is 11.0. The molecule has 122 valence electrons. The minimum absolute atomic E-state index is 0.113. The Balaban J connectivity index is 2.02. The maximum Gasteiger partial charge on any atom is 0.240 e. The summed E-state index contributed by atoms with van der Waals surface area (Å²) in [5.74, 6) is 0.695.